The second-order valence-corrected chi connectivity index (χ2v) is 6.56. The van der Waals surface area contributed by atoms with E-state index in [1.807, 2.05) is 24.3 Å². The number of hydrogen-bond donors (Lipinski definition) is 1. The summed E-state index contributed by atoms with van der Waals surface area (Å²) in [5, 5.41) is 28.3. The lowest BCUT2D eigenvalue weighted by atomic mass is 9.94. The summed E-state index contributed by atoms with van der Waals surface area (Å²) in [6.07, 6.45) is 3.67. The Hall–Kier alpha value is -3.38. The number of phenolic OH excluding ortho intramolecular Hbond substituents is 1. The normalized spacial score (nSPS) is 10.1. The van der Waals surface area contributed by atoms with E-state index in [0.717, 1.165) is 35.1 Å². The number of benzene rings is 2. The summed E-state index contributed by atoms with van der Waals surface area (Å²) in [6, 6.07) is 12.0. The molecule has 0 unspecified atom stereocenters. The van der Waals surface area contributed by atoms with Crippen molar-refractivity contribution in [3.8, 4) is 46.3 Å². The highest BCUT2D eigenvalue weighted by atomic mass is 16.5. The van der Waals surface area contributed by atoms with E-state index in [1.54, 1.807) is 7.11 Å². The van der Waals surface area contributed by atoms with Gasteiger partial charge in [-0.05, 0) is 55.0 Å². The molecule has 0 bridgehead atoms. The summed E-state index contributed by atoms with van der Waals surface area (Å²) in [7, 11) is 4.61. The molecule has 0 amide bonds. The van der Waals surface area contributed by atoms with E-state index >= 15 is 0 Å². The van der Waals surface area contributed by atoms with Gasteiger partial charge in [-0.1, -0.05) is 6.07 Å². The SMILES string of the molecule is COc1ccc(CCC#N)cc1-c1cc(CCCCC#N)c(O)c(OC)c1OC. The summed E-state index contributed by atoms with van der Waals surface area (Å²) in [4.78, 5) is 0. The lowest BCUT2D eigenvalue weighted by molar-refractivity contribution is 0.332. The van der Waals surface area contributed by atoms with Crippen LogP contribution >= 0.6 is 0 Å². The molecule has 0 fully saturated rings. The van der Waals surface area contributed by atoms with Crippen molar-refractivity contribution < 1.29 is 19.3 Å². The smallest absolute Gasteiger partial charge is 0.203 e. The number of nitriles is 2. The number of nitrogens with zero attached hydrogens (tertiary/aromatic N) is 2. The van der Waals surface area contributed by atoms with E-state index in [4.69, 9.17) is 24.7 Å². The van der Waals surface area contributed by atoms with Gasteiger partial charge in [-0.2, -0.15) is 10.5 Å². The van der Waals surface area contributed by atoms with Crippen molar-refractivity contribution in [3.05, 3.63) is 35.4 Å². The van der Waals surface area contributed by atoms with E-state index in [0.29, 0.717) is 37.2 Å². The summed E-state index contributed by atoms with van der Waals surface area (Å²) < 4.78 is 16.6. The molecule has 0 aliphatic carbocycles. The van der Waals surface area contributed by atoms with Crippen molar-refractivity contribution in [1.29, 1.82) is 10.5 Å². The van der Waals surface area contributed by atoms with Crippen LogP contribution in [0.4, 0.5) is 0 Å². The highest BCUT2D eigenvalue weighted by molar-refractivity contribution is 5.81. The molecule has 0 aliphatic rings. The molecule has 2 aromatic rings. The van der Waals surface area contributed by atoms with E-state index in [9.17, 15) is 5.11 Å². The first kappa shape index (κ1) is 21.9. The maximum absolute atomic E-state index is 10.7. The topological polar surface area (TPSA) is 95.5 Å². The van der Waals surface area contributed by atoms with Gasteiger partial charge < -0.3 is 19.3 Å². The minimum atomic E-state index is 0.0460. The Morgan fingerprint density at radius 3 is 2.17 bits per heavy atom. The number of aromatic hydroxyl groups is 1. The Morgan fingerprint density at radius 1 is 0.828 bits per heavy atom. The van der Waals surface area contributed by atoms with Gasteiger partial charge in [0, 0.05) is 24.0 Å². The Bertz CT molecular complexity index is 926. The van der Waals surface area contributed by atoms with E-state index < -0.39 is 0 Å². The molecule has 2 rings (SSSR count). The van der Waals surface area contributed by atoms with Crippen molar-refractivity contribution in [1.82, 2.24) is 0 Å². The highest BCUT2D eigenvalue weighted by Gasteiger charge is 2.22. The molecule has 152 valence electrons. The molecular formula is C23H26N2O4. The number of rotatable bonds is 10. The molecule has 0 atom stereocenters. The molecule has 0 spiro atoms. The van der Waals surface area contributed by atoms with Crippen LogP contribution in [-0.2, 0) is 12.8 Å². The second-order valence-electron chi connectivity index (χ2n) is 6.56. The maximum Gasteiger partial charge on any atom is 0.203 e. The molecular weight excluding hydrogens is 368 g/mol. The van der Waals surface area contributed by atoms with Gasteiger partial charge in [-0.3, -0.25) is 0 Å². The van der Waals surface area contributed by atoms with Crippen LogP contribution in [0.3, 0.4) is 0 Å². The molecule has 0 saturated heterocycles. The minimum absolute atomic E-state index is 0.0460. The third-order valence-corrected chi connectivity index (χ3v) is 4.76. The van der Waals surface area contributed by atoms with Gasteiger partial charge in [0.25, 0.3) is 0 Å². The average Bonchev–Trinajstić information content (AvgIpc) is 2.75. The van der Waals surface area contributed by atoms with E-state index in [2.05, 4.69) is 12.1 Å². The third-order valence-electron chi connectivity index (χ3n) is 4.76. The van der Waals surface area contributed by atoms with Crippen molar-refractivity contribution in [2.24, 2.45) is 0 Å². The van der Waals surface area contributed by atoms with Crippen LogP contribution in [0.2, 0.25) is 0 Å². The van der Waals surface area contributed by atoms with Crippen LogP contribution < -0.4 is 14.2 Å². The second kappa shape index (κ2) is 10.8. The van der Waals surface area contributed by atoms with Gasteiger partial charge in [-0.15, -0.1) is 0 Å². The van der Waals surface area contributed by atoms with Crippen molar-refractivity contribution in [2.75, 3.05) is 21.3 Å². The molecule has 0 aromatic heterocycles. The number of hydrogen-bond acceptors (Lipinski definition) is 6. The van der Waals surface area contributed by atoms with Crippen LogP contribution in [0.1, 0.15) is 36.8 Å². The van der Waals surface area contributed by atoms with Crippen LogP contribution in [0.25, 0.3) is 11.1 Å². The molecule has 1 N–H and O–H groups in total. The van der Waals surface area contributed by atoms with Crippen LogP contribution in [0.5, 0.6) is 23.0 Å². The fraction of sp³-hybridized carbons (Fsp3) is 0.391. The largest absolute Gasteiger partial charge is 0.504 e. The predicted molar refractivity (Wildman–Crippen MR) is 110 cm³/mol. The van der Waals surface area contributed by atoms with Crippen molar-refractivity contribution in [3.63, 3.8) is 0 Å². The van der Waals surface area contributed by atoms with Gasteiger partial charge in [0.15, 0.2) is 11.5 Å². The molecule has 0 aliphatic heterocycles. The van der Waals surface area contributed by atoms with Crippen LogP contribution in [0.15, 0.2) is 24.3 Å². The monoisotopic (exact) mass is 394 g/mol. The third kappa shape index (κ3) is 5.12. The highest BCUT2D eigenvalue weighted by Crippen LogP contribution is 2.48. The zero-order chi connectivity index (χ0) is 21.2. The number of ether oxygens (including phenoxy) is 3. The van der Waals surface area contributed by atoms with Gasteiger partial charge in [0.05, 0.1) is 33.5 Å². The molecule has 6 heteroatoms. The zero-order valence-electron chi connectivity index (χ0n) is 17.1. The fourth-order valence-electron chi connectivity index (χ4n) is 3.31. The maximum atomic E-state index is 10.7. The standard InChI is InChI=1S/C23H26N2O4/c1-27-20-11-10-16(8-7-13-25)14-18(20)19-15-17(9-5-4-6-12-24)21(26)23(29-3)22(19)28-2/h10-11,14-15,26H,4-9H2,1-3H3. The van der Waals surface area contributed by atoms with Gasteiger partial charge >= 0.3 is 0 Å². The molecule has 0 saturated carbocycles. The van der Waals surface area contributed by atoms with Gasteiger partial charge in [0.2, 0.25) is 5.75 Å². The zero-order valence-corrected chi connectivity index (χ0v) is 17.1. The van der Waals surface area contributed by atoms with Crippen LogP contribution in [-0.4, -0.2) is 26.4 Å². The van der Waals surface area contributed by atoms with Gasteiger partial charge in [0.1, 0.15) is 5.75 Å². The number of phenols is 1. The first-order chi connectivity index (χ1) is 14.1. The van der Waals surface area contributed by atoms with Gasteiger partial charge in [-0.25, -0.2) is 0 Å². The molecule has 0 heterocycles. The first-order valence-corrected chi connectivity index (χ1v) is 9.49. The predicted octanol–water partition coefficient (Wildman–Crippen LogP) is 4.78. The molecule has 29 heavy (non-hydrogen) atoms. The number of aryl methyl sites for hydroxylation is 2. The summed E-state index contributed by atoms with van der Waals surface area (Å²) >= 11 is 0. The Balaban J connectivity index is 2.61. The number of methoxy groups -OCH3 is 3. The molecule has 6 nitrogen and oxygen atoms in total. The lowest BCUT2D eigenvalue weighted by Crippen LogP contribution is -2.00. The first-order valence-electron chi connectivity index (χ1n) is 9.49. The molecule has 2 aromatic carbocycles. The quantitative estimate of drug-likeness (QED) is 0.583. The summed E-state index contributed by atoms with van der Waals surface area (Å²) in [6.45, 7) is 0. The van der Waals surface area contributed by atoms with E-state index in [1.165, 1.54) is 14.2 Å². The minimum Gasteiger partial charge on any atom is -0.504 e. The van der Waals surface area contributed by atoms with Crippen molar-refractivity contribution in [2.45, 2.75) is 38.5 Å². The molecule has 0 radical (unpaired) electrons. The van der Waals surface area contributed by atoms with E-state index in [-0.39, 0.29) is 11.5 Å². The Kier molecular flexibility index (Phi) is 8.18. The summed E-state index contributed by atoms with van der Waals surface area (Å²) in [5.74, 6) is 1.39. The summed E-state index contributed by atoms with van der Waals surface area (Å²) in [5.41, 5.74) is 3.27. The average molecular weight is 394 g/mol. The van der Waals surface area contributed by atoms with Crippen molar-refractivity contribution >= 4 is 0 Å². The number of unbranched alkanes of at least 4 members (excludes halogenated alkanes) is 2. The fourth-order valence-corrected chi connectivity index (χ4v) is 3.31. The lowest BCUT2D eigenvalue weighted by Gasteiger charge is -2.19. The Labute approximate surface area is 171 Å². The van der Waals surface area contributed by atoms with Crippen LogP contribution in [0, 0.1) is 22.7 Å². The Morgan fingerprint density at radius 2 is 1.55 bits per heavy atom.